The number of amides is 2. The highest BCUT2D eigenvalue weighted by Gasteiger charge is 2.02. The lowest BCUT2D eigenvalue weighted by Crippen LogP contribution is -2.35. The summed E-state index contributed by atoms with van der Waals surface area (Å²) in [5.74, 6) is 0.837. The van der Waals surface area contributed by atoms with E-state index in [1.54, 1.807) is 7.11 Å². The van der Waals surface area contributed by atoms with Crippen LogP contribution in [0.5, 0.6) is 5.75 Å². The molecule has 0 saturated carbocycles. The molecule has 0 saturated heterocycles. The van der Waals surface area contributed by atoms with Gasteiger partial charge in [0, 0.05) is 29.7 Å². The second kappa shape index (κ2) is 7.13. The second-order valence-corrected chi connectivity index (χ2v) is 4.34. The average molecular weight is 302 g/mol. The van der Waals surface area contributed by atoms with Gasteiger partial charge in [-0.15, -0.1) is 0 Å². The van der Waals surface area contributed by atoms with Gasteiger partial charge in [0.2, 0.25) is 0 Å². The number of rotatable bonds is 6. The van der Waals surface area contributed by atoms with Crippen LogP contribution in [-0.2, 0) is 6.54 Å². The van der Waals surface area contributed by atoms with Crippen molar-refractivity contribution >= 4 is 22.0 Å². The predicted octanol–water partition coefficient (Wildman–Crippen LogP) is 1.22. The van der Waals surface area contributed by atoms with Crippen LogP contribution in [0.4, 0.5) is 4.79 Å². The number of methoxy groups -OCH3 is 1. The van der Waals surface area contributed by atoms with Crippen molar-refractivity contribution in [2.24, 2.45) is 5.73 Å². The minimum atomic E-state index is -0.508. The fourth-order valence-electron chi connectivity index (χ4n) is 1.38. The molecule has 94 valence electrons. The molecule has 0 aliphatic rings. The molecule has 1 aromatic carbocycles. The minimum Gasteiger partial charge on any atom is -0.496 e. The van der Waals surface area contributed by atoms with Gasteiger partial charge in [-0.2, -0.15) is 0 Å². The van der Waals surface area contributed by atoms with Crippen LogP contribution in [0.3, 0.4) is 0 Å². The normalized spacial score (nSPS) is 10.0. The Hall–Kier alpha value is -1.27. The number of carbonyl (C=O) groups is 1. The molecule has 0 unspecified atom stereocenters. The maximum Gasteiger partial charge on any atom is 0.312 e. The number of primary amides is 1. The van der Waals surface area contributed by atoms with Gasteiger partial charge in [0.05, 0.1) is 7.11 Å². The average Bonchev–Trinajstić information content (AvgIpc) is 2.28. The van der Waals surface area contributed by atoms with Gasteiger partial charge >= 0.3 is 6.03 Å². The molecule has 0 fully saturated rings. The van der Waals surface area contributed by atoms with Gasteiger partial charge in [-0.25, -0.2) is 4.79 Å². The predicted molar refractivity (Wildman–Crippen MR) is 70.0 cm³/mol. The highest BCUT2D eigenvalue weighted by Crippen LogP contribution is 2.22. The highest BCUT2D eigenvalue weighted by atomic mass is 79.9. The van der Waals surface area contributed by atoms with Crippen molar-refractivity contribution in [1.29, 1.82) is 0 Å². The van der Waals surface area contributed by atoms with Crippen molar-refractivity contribution in [2.75, 3.05) is 20.2 Å². The van der Waals surface area contributed by atoms with Crippen molar-refractivity contribution in [3.8, 4) is 5.75 Å². The van der Waals surface area contributed by atoms with Crippen LogP contribution in [0.15, 0.2) is 22.7 Å². The first-order valence-corrected chi connectivity index (χ1v) is 5.99. The Labute approximate surface area is 109 Å². The minimum absolute atomic E-state index is 0.506. The van der Waals surface area contributed by atoms with Gasteiger partial charge < -0.3 is 21.1 Å². The first kappa shape index (κ1) is 13.8. The lowest BCUT2D eigenvalue weighted by molar-refractivity contribution is 0.249. The Morgan fingerprint density at radius 1 is 1.47 bits per heavy atom. The molecule has 0 bridgehead atoms. The van der Waals surface area contributed by atoms with Crippen LogP contribution in [0, 0.1) is 0 Å². The largest absolute Gasteiger partial charge is 0.496 e. The van der Waals surface area contributed by atoms with Gasteiger partial charge in [-0.05, 0) is 18.2 Å². The van der Waals surface area contributed by atoms with Crippen molar-refractivity contribution < 1.29 is 9.53 Å². The quantitative estimate of drug-likeness (QED) is 0.691. The van der Waals surface area contributed by atoms with Gasteiger partial charge in [-0.1, -0.05) is 15.9 Å². The SMILES string of the molecule is COc1ccc(Br)cc1CNCCNC(N)=O. The number of halogens is 1. The molecule has 6 heteroatoms. The molecule has 0 spiro atoms. The van der Waals surface area contributed by atoms with Crippen molar-refractivity contribution in [3.63, 3.8) is 0 Å². The lowest BCUT2D eigenvalue weighted by atomic mass is 10.2. The van der Waals surface area contributed by atoms with Crippen molar-refractivity contribution in [2.45, 2.75) is 6.54 Å². The number of nitrogens with two attached hydrogens (primary N) is 1. The van der Waals surface area contributed by atoms with E-state index < -0.39 is 6.03 Å². The number of hydrogen-bond donors (Lipinski definition) is 3. The molecule has 0 aliphatic carbocycles. The van der Waals surface area contributed by atoms with Crippen molar-refractivity contribution in [3.05, 3.63) is 28.2 Å². The summed E-state index contributed by atoms with van der Waals surface area (Å²) in [6, 6.07) is 5.32. The summed E-state index contributed by atoms with van der Waals surface area (Å²) in [4.78, 5) is 10.4. The van der Waals surface area contributed by atoms with Crippen LogP contribution in [0.2, 0.25) is 0 Å². The Morgan fingerprint density at radius 2 is 2.24 bits per heavy atom. The fourth-order valence-corrected chi connectivity index (χ4v) is 1.79. The molecule has 0 aliphatic heterocycles. The number of urea groups is 1. The van der Waals surface area contributed by atoms with Crippen LogP contribution >= 0.6 is 15.9 Å². The zero-order chi connectivity index (χ0) is 12.7. The van der Waals surface area contributed by atoms with Crippen molar-refractivity contribution in [1.82, 2.24) is 10.6 Å². The number of benzene rings is 1. The summed E-state index contributed by atoms with van der Waals surface area (Å²) in [6.07, 6.45) is 0. The van der Waals surface area contributed by atoms with Gasteiger partial charge in [0.1, 0.15) is 5.75 Å². The van der Waals surface area contributed by atoms with Crippen LogP contribution in [0.25, 0.3) is 0 Å². The van der Waals surface area contributed by atoms with E-state index in [4.69, 9.17) is 10.5 Å². The van der Waals surface area contributed by atoms with E-state index in [0.717, 1.165) is 15.8 Å². The maximum atomic E-state index is 10.4. The summed E-state index contributed by atoms with van der Waals surface area (Å²) >= 11 is 3.41. The van der Waals surface area contributed by atoms with E-state index in [2.05, 4.69) is 26.6 Å². The number of hydrogen-bond acceptors (Lipinski definition) is 3. The molecule has 1 aromatic rings. The molecular formula is C11H16BrN3O2. The Balaban J connectivity index is 2.40. The molecule has 0 radical (unpaired) electrons. The van der Waals surface area contributed by atoms with Crippen LogP contribution in [0.1, 0.15) is 5.56 Å². The molecule has 2 amide bonds. The third-order valence-electron chi connectivity index (χ3n) is 2.16. The summed E-state index contributed by atoms with van der Waals surface area (Å²) in [5, 5.41) is 5.70. The first-order valence-electron chi connectivity index (χ1n) is 5.20. The molecule has 0 atom stereocenters. The Morgan fingerprint density at radius 3 is 2.88 bits per heavy atom. The summed E-state index contributed by atoms with van der Waals surface area (Å²) in [6.45, 7) is 1.83. The third-order valence-corrected chi connectivity index (χ3v) is 2.65. The summed E-state index contributed by atoms with van der Waals surface area (Å²) in [7, 11) is 1.64. The van der Waals surface area contributed by atoms with E-state index in [0.29, 0.717) is 19.6 Å². The smallest absolute Gasteiger partial charge is 0.312 e. The zero-order valence-electron chi connectivity index (χ0n) is 9.63. The van der Waals surface area contributed by atoms with Gasteiger partial charge in [-0.3, -0.25) is 0 Å². The molecule has 4 N–H and O–H groups in total. The van der Waals surface area contributed by atoms with Crippen LogP contribution < -0.4 is 21.1 Å². The summed E-state index contributed by atoms with van der Waals surface area (Å²) in [5.41, 5.74) is 6.00. The van der Waals surface area contributed by atoms with Gasteiger partial charge in [0.15, 0.2) is 0 Å². The van der Waals surface area contributed by atoms with E-state index in [9.17, 15) is 4.79 Å². The number of ether oxygens (including phenoxy) is 1. The molecule has 1 rings (SSSR count). The van der Waals surface area contributed by atoms with E-state index >= 15 is 0 Å². The lowest BCUT2D eigenvalue weighted by Gasteiger charge is -2.10. The van der Waals surface area contributed by atoms with E-state index in [1.165, 1.54) is 0 Å². The fraction of sp³-hybridized carbons (Fsp3) is 0.364. The Bertz CT molecular complexity index is 385. The van der Waals surface area contributed by atoms with Crippen LogP contribution in [-0.4, -0.2) is 26.2 Å². The molecule has 0 aromatic heterocycles. The standard InChI is InChI=1S/C11H16BrN3O2/c1-17-10-3-2-9(12)6-8(10)7-14-4-5-15-11(13)16/h2-3,6,14H,4-5,7H2,1H3,(H3,13,15,16). The highest BCUT2D eigenvalue weighted by molar-refractivity contribution is 9.10. The molecule has 5 nitrogen and oxygen atoms in total. The second-order valence-electron chi connectivity index (χ2n) is 3.42. The molecule has 0 heterocycles. The van der Waals surface area contributed by atoms with E-state index in [1.807, 2.05) is 18.2 Å². The number of carbonyl (C=O) groups excluding carboxylic acids is 1. The monoisotopic (exact) mass is 301 g/mol. The maximum absolute atomic E-state index is 10.4. The van der Waals surface area contributed by atoms with Gasteiger partial charge in [0.25, 0.3) is 0 Å². The van der Waals surface area contributed by atoms with E-state index in [-0.39, 0.29) is 0 Å². The number of nitrogens with one attached hydrogen (secondary N) is 2. The topological polar surface area (TPSA) is 76.4 Å². The molecular weight excluding hydrogens is 286 g/mol. The zero-order valence-corrected chi connectivity index (χ0v) is 11.2. The first-order chi connectivity index (χ1) is 8.13. The third kappa shape index (κ3) is 5.06. The summed E-state index contributed by atoms with van der Waals surface area (Å²) < 4.78 is 6.25. The molecule has 17 heavy (non-hydrogen) atoms. The Kier molecular flexibility index (Phi) is 5.79.